The highest BCUT2D eigenvalue weighted by molar-refractivity contribution is 6.34. The standard InChI is InChI=1S/C10H19N3O4/c1-7(14)8(15)13(11)6-5-12-9(16)17-10(2,3)4/h5-6,11H2,1-4H3,(H,12,16). The van der Waals surface area contributed by atoms with Crippen molar-refractivity contribution in [3.8, 4) is 0 Å². The van der Waals surface area contributed by atoms with Gasteiger partial charge in [-0.25, -0.2) is 10.6 Å². The van der Waals surface area contributed by atoms with Crippen molar-refractivity contribution in [2.75, 3.05) is 13.1 Å². The molecule has 0 bridgehead atoms. The van der Waals surface area contributed by atoms with E-state index in [-0.39, 0.29) is 13.1 Å². The average Bonchev–Trinajstić information content (AvgIpc) is 2.13. The topological polar surface area (TPSA) is 102 Å². The number of hydrogen-bond acceptors (Lipinski definition) is 5. The Hall–Kier alpha value is -1.63. The predicted octanol–water partition coefficient (Wildman–Crippen LogP) is -0.198. The van der Waals surface area contributed by atoms with E-state index in [9.17, 15) is 14.4 Å². The molecule has 0 aromatic heterocycles. The van der Waals surface area contributed by atoms with E-state index in [0.29, 0.717) is 0 Å². The van der Waals surface area contributed by atoms with E-state index in [2.05, 4.69) is 5.32 Å². The van der Waals surface area contributed by atoms with Crippen LogP contribution in [-0.2, 0) is 14.3 Å². The SMILES string of the molecule is CC(=O)C(=O)N(N)CCNC(=O)OC(C)(C)C. The maximum atomic E-state index is 11.2. The largest absolute Gasteiger partial charge is 0.444 e. The maximum Gasteiger partial charge on any atom is 0.407 e. The van der Waals surface area contributed by atoms with Crippen LogP contribution in [0.3, 0.4) is 0 Å². The van der Waals surface area contributed by atoms with Gasteiger partial charge in [-0.1, -0.05) is 0 Å². The van der Waals surface area contributed by atoms with E-state index < -0.39 is 23.4 Å². The summed E-state index contributed by atoms with van der Waals surface area (Å²) in [4.78, 5) is 32.9. The number of nitrogens with one attached hydrogen (secondary N) is 1. The molecule has 17 heavy (non-hydrogen) atoms. The van der Waals surface area contributed by atoms with Crippen molar-refractivity contribution in [3.63, 3.8) is 0 Å². The van der Waals surface area contributed by atoms with Crippen LogP contribution < -0.4 is 11.2 Å². The first kappa shape index (κ1) is 15.4. The zero-order valence-corrected chi connectivity index (χ0v) is 10.6. The van der Waals surface area contributed by atoms with E-state index in [0.717, 1.165) is 11.9 Å². The van der Waals surface area contributed by atoms with E-state index in [1.807, 2.05) is 0 Å². The molecule has 7 heteroatoms. The molecule has 0 aliphatic heterocycles. The minimum atomic E-state index is -0.795. The monoisotopic (exact) mass is 245 g/mol. The second kappa shape index (κ2) is 6.19. The summed E-state index contributed by atoms with van der Waals surface area (Å²) in [5.41, 5.74) is -0.582. The fraction of sp³-hybridized carbons (Fsp3) is 0.700. The second-order valence-corrected chi connectivity index (χ2v) is 4.48. The third-order valence-electron chi connectivity index (χ3n) is 1.58. The van der Waals surface area contributed by atoms with Crippen LogP contribution in [0.15, 0.2) is 0 Å². The summed E-state index contributed by atoms with van der Waals surface area (Å²) < 4.78 is 4.97. The minimum absolute atomic E-state index is 0.0393. The normalized spacial score (nSPS) is 10.6. The third kappa shape index (κ3) is 7.29. The van der Waals surface area contributed by atoms with Gasteiger partial charge in [-0.05, 0) is 20.8 Å². The van der Waals surface area contributed by atoms with Gasteiger partial charge < -0.3 is 10.1 Å². The number of carbonyl (C=O) groups excluding carboxylic acids is 3. The van der Waals surface area contributed by atoms with Crippen molar-refractivity contribution in [1.82, 2.24) is 10.3 Å². The Labute approximate surface area is 100 Å². The van der Waals surface area contributed by atoms with Crippen LogP contribution in [0.1, 0.15) is 27.7 Å². The summed E-state index contributed by atoms with van der Waals surface area (Å²) in [6.45, 7) is 6.49. The first-order chi connectivity index (χ1) is 7.63. The van der Waals surface area contributed by atoms with Gasteiger partial charge in [0.05, 0.1) is 6.54 Å². The number of ketones is 1. The van der Waals surface area contributed by atoms with Crippen LogP contribution in [0.2, 0.25) is 0 Å². The fourth-order valence-corrected chi connectivity index (χ4v) is 0.896. The van der Waals surface area contributed by atoms with E-state index in [1.165, 1.54) is 0 Å². The van der Waals surface area contributed by atoms with Gasteiger partial charge in [0.25, 0.3) is 0 Å². The molecule has 0 rings (SSSR count). The van der Waals surface area contributed by atoms with Gasteiger partial charge in [-0.15, -0.1) is 0 Å². The van der Waals surface area contributed by atoms with E-state index in [1.54, 1.807) is 20.8 Å². The maximum absolute atomic E-state index is 11.2. The number of carbonyl (C=O) groups is 3. The number of alkyl carbamates (subject to hydrolysis) is 1. The van der Waals surface area contributed by atoms with Crippen molar-refractivity contribution in [3.05, 3.63) is 0 Å². The first-order valence-electron chi connectivity index (χ1n) is 5.17. The van der Waals surface area contributed by atoms with Gasteiger partial charge in [0.2, 0.25) is 5.78 Å². The van der Waals surface area contributed by atoms with Gasteiger partial charge in [0.15, 0.2) is 0 Å². The number of rotatable bonds is 4. The highest BCUT2D eigenvalue weighted by Crippen LogP contribution is 2.05. The zero-order valence-electron chi connectivity index (χ0n) is 10.6. The van der Waals surface area contributed by atoms with Crippen LogP contribution in [0, 0.1) is 0 Å². The molecule has 0 heterocycles. The summed E-state index contributed by atoms with van der Waals surface area (Å²) >= 11 is 0. The van der Waals surface area contributed by atoms with E-state index >= 15 is 0 Å². The second-order valence-electron chi connectivity index (χ2n) is 4.48. The molecule has 0 spiro atoms. The quantitative estimate of drug-likeness (QED) is 0.309. The summed E-state index contributed by atoms with van der Waals surface area (Å²) in [7, 11) is 0. The average molecular weight is 245 g/mol. The number of nitrogens with two attached hydrogens (primary N) is 1. The lowest BCUT2D eigenvalue weighted by atomic mass is 10.2. The van der Waals surface area contributed by atoms with E-state index in [4.69, 9.17) is 10.6 Å². The Bertz CT molecular complexity index is 309. The Morgan fingerprint density at radius 3 is 2.24 bits per heavy atom. The molecule has 98 valence electrons. The van der Waals surface area contributed by atoms with Crippen molar-refractivity contribution in [2.24, 2.45) is 5.84 Å². The van der Waals surface area contributed by atoms with Crippen LogP contribution in [0.5, 0.6) is 0 Å². The lowest BCUT2D eigenvalue weighted by Gasteiger charge is -2.20. The summed E-state index contributed by atoms with van der Waals surface area (Å²) in [6, 6.07) is 0. The molecule has 7 nitrogen and oxygen atoms in total. The predicted molar refractivity (Wildman–Crippen MR) is 60.8 cm³/mol. The Kier molecular flexibility index (Phi) is 5.60. The van der Waals surface area contributed by atoms with Crippen LogP contribution >= 0.6 is 0 Å². The number of amides is 2. The molecule has 0 radical (unpaired) electrons. The number of nitrogens with zero attached hydrogens (tertiary/aromatic N) is 1. The molecule has 0 saturated carbocycles. The molecule has 0 atom stereocenters. The molecular weight excluding hydrogens is 226 g/mol. The highest BCUT2D eigenvalue weighted by atomic mass is 16.6. The van der Waals surface area contributed by atoms with Crippen LogP contribution in [-0.4, -0.2) is 41.5 Å². The van der Waals surface area contributed by atoms with Crippen molar-refractivity contribution >= 4 is 17.8 Å². The number of hydrogen-bond donors (Lipinski definition) is 2. The Balaban J connectivity index is 3.89. The molecule has 0 aliphatic carbocycles. The van der Waals surface area contributed by atoms with Crippen molar-refractivity contribution < 1.29 is 19.1 Å². The van der Waals surface area contributed by atoms with Crippen LogP contribution in [0.4, 0.5) is 4.79 Å². The van der Waals surface area contributed by atoms with Gasteiger partial charge in [-0.2, -0.15) is 0 Å². The van der Waals surface area contributed by atoms with Gasteiger partial charge in [0, 0.05) is 13.5 Å². The summed E-state index contributed by atoms with van der Waals surface area (Å²) in [6.07, 6.45) is -0.596. The molecule has 3 N–H and O–H groups in total. The number of ether oxygens (including phenoxy) is 1. The third-order valence-corrected chi connectivity index (χ3v) is 1.58. The summed E-state index contributed by atoms with van der Waals surface area (Å²) in [5, 5.41) is 3.17. The molecule has 0 aliphatic rings. The van der Waals surface area contributed by atoms with Crippen molar-refractivity contribution in [2.45, 2.75) is 33.3 Å². The molecule has 2 amide bonds. The molecule has 0 aromatic rings. The molecular formula is C10H19N3O4. The Morgan fingerprint density at radius 2 is 1.82 bits per heavy atom. The molecule has 0 aromatic carbocycles. The molecule has 0 fully saturated rings. The minimum Gasteiger partial charge on any atom is -0.444 e. The van der Waals surface area contributed by atoms with Crippen LogP contribution in [0.25, 0.3) is 0 Å². The highest BCUT2D eigenvalue weighted by Gasteiger charge is 2.17. The lowest BCUT2D eigenvalue weighted by Crippen LogP contribution is -2.46. The lowest BCUT2D eigenvalue weighted by molar-refractivity contribution is -0.143. The van der Waals surface area contributed by atoms with Gasteiger partial charge >= 0.3 is 12.0 Å². The summed E-state index contributed by atoms with van der Waals surface area (Å²) in [5.74, 6) is 3.86. The smallest absolute Gasteiger partial charge is 0.407 e. The number of hydrazine groups is 1. The molecule has 0 unspecified atom stereocenters. The van der Waals surface area contributed by atoms with Gasteiger partial charge in [0.1, 0.15) is 5.60 Å². The Morgan fingerprint density at radius 1 is 1.29 bits per heavy atom. The zero-order chi connectivity index (χ0) is 13.6. The fourth-order valence-electron chi connectivity index (χ4n) is 0.896. The number of Topliss-reactive ketones (excluding diaryl/α,β-unsaturated/α-hetero) is 1. The van der Waals surface area contributed by atoms with Crippen molar-refractivity contribution in [1.29, 1.82) is 0 Å². The van der Waals surface area contributed by atoms with Gasteiger partial charge in [-0.3, -0.25) is 14.6 Å². The first-order valence-corrected chi connectivity index (χ1v) is 5.17. The molecule has 0 saturated heterocycles.